The molecule has 0 unspecified atom stereocenters. The molecule has 0 bridgehead atoms. The molecule has 0 radical (unpaired) electrons. The van der Waals surface area contributed by atoms with Crippen molar-refractivity contribution in [1.82, 2.24) is 9.55 Å². The molecule has 0 saturated carbocycles. The zero-order chi connectivity index (χ0) is 20.7. The summed E-state index contributed by atoms with van der Waals surface area (Å²) in [6, 6.07) is 14.5. The van der Waals surface area contributed by atoms with Gasteiger partial charge in [-0.1, -0.05) is 41.6 Å². The molecule has 0 spiro atoms. The summed E-state index contributed by atoms with van der Waals surface area (Å²) in [6.07, 6.45) is 4.29. The Morgan fingerprint density at radius 2 is 1.93 bits per heavy atom. The topological polar surface area (TPSA) is 34.9 Å². The summed E-state index contributed by atoms with van der Waals surface area (Å²) < 4.78 is 15.3. The molecule has 30 heavy (non-hydrogen) atoms. The number of hydrogen-bond donors (Lipinski definition) is 0. The lowest BCUT2D eigenvalue weighted by molar-refractivity contribution is 0.626. The van der Waals surface area contributed by atoms with Gasteiger partial charge in [-0.15, -0.1) is 11.3 Å². The van der Waals surface area contributed by atoms with Gasteiger partial charge in [0.1, 0.15) is 10.6 Å². The van der Waals surface area contributed by atoms with Crippen LogP contribution in [-0.4, -0.2) is 9.55 Å². The van der Waals surface area contributed by atoms with Crippen molar-refractivity contribution in [3.63, 3.8) is 0 Å². The summed E-state index contributed by atoms with van der Waals surface area (Å²) in [7, 11) is 0. The molecule has 0 N–H and O–H groups in total. The van der Waals surface area contributed by atoms with Crippen LogP contribution in [0.15, 0.2) is 58.5 Å². The Kier molecular flexibility index (Phi) is 5.21. The Hall–Kier alpha value is -2.44. The number of nitrogens with zero attached hydrogens (tertiary/aromatic N) is 2. The second-order valence-corrected chi connectivity index (χ2v) is 9.71. The van der Waals surface area contributed by atoms with Crippen molar-refractivity contribution in [2.24, 2.45) is 0 Å². The van der Waals surface area contributed by atoms with Crippen molar-refractivity contribution in [2.75, 3.05) is 0 Å². The van der Waals surface area contributed by atoms with Gasteiger partial charge in [0.25, 0.3) is 5.56 Å². The van der Waals surface area contributed by atoms with Crippen LogP contribution in [0.2, 0.25) is 0 Å². The van der Waals surface area contributed by atoms with Crippen LogP contribution < -0.4 is 5.56 Å². The van der Waals surface area contributed by atoms with Gasteiger partial charge in [-0.05, 0) is 68.0 Å². The second kappa shape index (κ2) is 8.00. The maximum absolute atomic E-state index is 13.7. The van der Waals surface area contributed by atoms with Gasteiger partial charge in [-0.3, -0.25) is 9.36 Å². The highest BCUT2D eigenvalue weighted by Gasteiger charge is 2.23. The minimum atomic E-state index is -0.252. The number of thioether (sulfide) groups is 1. The first-order valence-electron chi connectivity index (χ1n) is 10.1. The molecule has 5 rings (SSSR count). The van der Waals surface area contributed by atoms with Gasteiger partial charge in [0.05, 0.1) is 11.1 Å². The third-order valence-corrected chi connectivity index (χ3v) is 7.70. The molecule has 0 fully saturated rings. The van der Waals surface area contributed by atoms with Gasteiger partial charge in [0.2, 0.25) is 0 Å². The minimum absolute atomic E-state index is 0.00463. The Morgan fingerprint density at radius 1 is 1.13 bits per heavy atom. The number of hydrogen-bond acceptors (Lipinski definition) is 4. The fraction of sp³-hybridized carbons (Fsp3) is 0.250. The average Bonchev–Trinajstić information content (AvgIpc) is 3.12. The van der Waals surface area contributed by atoms with Crippen LogP contribution in [0.5, 0.6) is 0 Å². The molecular formula is C24H21FN2OS2. The van der Waals surface area contributed by atoms with Crippen LogP contribution in [-0.2, 0) is 18.6 Å². The van der Waals surface area contributed by atoms with Crippen molar-refractivity contribution in [3.05, 3.63) is 86.3 Å². The molecule has 0 saturated heterocycles. The van der Waals surface area contributed by atoms with Crippen LogP contribution in [0, 0.1) is 12.7 Å². The first-order chi connectivity index (χ1) is 14.6. The molecule has 0 amide bonds. The molecule has 0 atom stereocenters. The van der Waals surface area contributed by atoms with Gasteiger partial charge in [0.15, 0.2) is 5.16 Å². The van der Waals surface area contributed by atoms with E-state index in [-0.39, 0.29) is 11.4 Å². The summed E-state index contributed by atoms with van der Waals surface area (Å²) >= 11 is 3.14. The van der Waals surface area contributed by atoms with Crippen molar-refractivity contribution in [3.8, 4) is 5.69 Å². The second-order valence-electron chi connectivity index (χ2n) is 7.68. The van der Waals surface area contributed by atoms with E-state index in [1.54, 1.807) is 22.0 Å². The molecule has 2 aromatic carbocycles. The molecular weight excluding hydrogens is 415 g/mol. The van der Waals surface area contributed by atoms with E-state index in [2.05, 4.69) is 0 Å². The van der Waals surface area contributed by atoms with Gasteiger partial charge < -0.3 is 0 Å². The predicted octanol–water partition coefficient (Wildman–Crippen LogP) is 6.07. The predicted molar refractivity (Wildman–Crippen MR) is 123 cm³/mol. The highest BCUT2D eigenvalue weighted by Crippen LogP contribution is 2.35. The van der Waals surface area contributed by atoms with E-state index in [1.165, 1.54) is 40.8 Å². The molecule has 4 aromatic rings. The summed E-state index contributed by atoms with van der Waals surface area (Å²) in [5.41, 5.74) is 4.03. The maximum atomic E-state index is 13.7. The fourth-order valence-electron chi connectivity index (χ4n) is 3.98. The summed E-state index contributed by atoms with van der Waals surface area (Å²) in [4.78, 5) is 20.8. The van der Waals surface area contributed by atoms with E-state index in [1.807, 2.05) is 37.3 Å². The van der Waals surface area contributed by atoms with Crippen LogP contribution in [0.3, 0.4) is 0 Å². The largest absolute Gasteiger partial charge is 0.268 e. The smallest absolute Gasteiger partial charge is 0.267 e. The molecule has 1 aliphatic carbocycles. The fourth-order valence-corrected chi connectivity index (χ4v) is 6.24. The van der Waals surface area contributed by atoms with Gasteiger partial charge in [0, 0.05) is 10.6 Å². The Labute approximate surface area is 182 Å². The number of benzene rings is 2. The van der Waals surface area contributed by atoms with Crippen LogP contribution in [0.4, 0.5) is 4.39 Å². The van der Waals surface area contributed by atoms with E-state index < -0.39 is 0 Å². The summed E-state index contributed by atoms with van der Waals surface area (Å²) in [6.45, 7) is 2.03. The van der Waals surface area contributed by atoms with E-state index >= 15 is 0 Å². The normalized spacial score (nSPS) is 13.5. The molecule has 0 aliphatic heterocycles. The SMILES string of the molecule is Cc1ccc(-n2c(SCc3cccc(F)c3)nc3sc4c(c3c2=O)CCCC4)cc1. The molecule has 3 nitrogen and oxygen atoms in total. The molecule has 152 valence electrons. The van der Waals surface area contributed by atoms with E-state index in [9.17, 15) is 9.18 Å². The van der Waals surface area contributed by atoms with Crippen molar-refractivity contribution in [1.29, 1.82) is 0 Å². The first kappa shape index (κ1) is 19.5. The minimum Gasteiger partial charge on any atom is -0.268 e. The van der Waals surface area contributed by atoms with Crippen molar-refractivity contribution in [2.45, 2.75) is 43.5 Å². The molecule has 1 aliphatic rings. The van der Waals surface area contributed by atoms with Crippen LogP contribution in [0.1, 0.15) is 34.4 Å². The number of thiophene rings is 1. The van der Waals surface area contributed by atoms with Gasteiger partial charge >= 0.3 is 0 Å². The van der Waals surface area contributed by atoms with Crippen molar-refractivity contribution < 1.29 is 4.39 Å². The number of aryl methyl sites for hydroxylation is 3. The molecule has 2 aromatic heterocycles. The van der Waals surface area contributed by atoms with Crippen molar-refractivity contribution >= 4 is 33.3 Å². The first-order valence-corrected chi connectivity index (χ1v) is 11.9. The summed E-state index contributed by atoms with van der Waals surface area (Å²) in [5, 5.41) is 1.43. The third kappa shape index (κ3) is 3.59. The van der Waals surface area contributed by atoms with Gasteiger partial charge in [-0.25, -0.2) is 9.37 Å². The van der Waals surface area contributed by atoms with E-state index in [4.69, 9.17) is 4.98 Å². The van der Waals surface area contributed by atoms with E-state index in [0.29, 0.717) is 10.9 Å². The number of halogens is 1. The quantitative estimate of drug-likeness (QED) is 0.288. The number of rotatable bonds is 4. The molecule has 2 heterocycles. The lowest BCUT2D eigenvalue weighted by Crippen LogP contribution is -2.22. The van der Waals surface area contributed by atoms with Crippen LogP contribution in [0.25, 0.3) is 15.9 Å². The average molecular weight is 437 g/mol. The van der Waals surface area contributed by atoms with Gasteiger partial charge in [-0.2, -0.15) is 0 Å². The Morgan fingerprint density at radius 3 is 2.73 bits per heavy atom. The highest BCUT2D eigenvalue weighted by atomic mass is 32.2. The molecule has 6 heteroatoms. The lowest BCUT2D eigenvalue weighted by Gasteiger charge is -2.14. The summed E-state index contributed by atoms with van der Waals surface area (Å²) in [5.74, 6) is 0.297. The maximum Gasteiger partial charge on any atom is 0.267 e. The third-order valence-electron chi connectivity index (χ3n) is 5.51. The Bertz CT molecular complexity index is 1290. The highest BCUT2D eigenvalue weighted by molar-refractivity contribution is 7.98. The lowest BCUT2D eigenvalue weighted by atomic mass is 9.97. The monoisotopic (exact) mass is 436 g/mol. The zero-order valence-corrected chi connectivity index (χ0v) is 18.3. The Balaban J connectivity index is 1.66. The van der Waals surface area contributed by atoms with E-state index in [0.717, 1.165) is 46.3 Å². The standard InChI is InChI=1S/C24H21FN2OS2/c1-15-9-11-18(12-10-15)27-23(28)21-19-7-2-3-8-20(19)30-22(21)26-24(27)29-14-16-5-4-6-17(25)13-16/h4-6,9-13H,2-3,7-8,14H2,1H3. The zero-order valence-electron chi connectivity index (χ0n) is 16.7. The number of fused-ring (bicyclic) bond motifs is 3. The van der Waals surface area contributed by atoms with Crippen LogP contribution >= 0.6 is 23.1 Å². The number of aromatic nitrogens is 2.